The molecule has 2 aromatic rings. The van der Waals surface area contributed by atoms with Gasteiger partial charge in [-0.3, -0.25) is 9.59 Å². The summed E-state index contributed by atoms with van der Waals surface area (Å²) < 4.78 is 11.3. The molecule has 0 aliphatic carbocycles. The molecule has 32 heavy (non-hydrogen) atoms. The molecule has 0 spiro atoms. The van der Waals surface area contributed by atoms with Crippen molar-refractivity contribution in [2.75, 3.05) is 19.5 Å². The molecule has 0 unspecified atom stereocenters. The van der Waals surface area contributed by atoms with Crippen molar-refractivity contribution in [3.05, 3.63) is 47.5 Å². The standard InChI is InChI=1S/C25H32N2O5/c1-14(2)26-19-10-8-18(9-11-19)21-13-22(31-6)20(12-23(21)32-7)15(3)16(4)24(28)27-17(5)25(29)30/h8-14,17,26H,1-7H3,(H,27,28)(H,29,30)/t17-/m1/s1. The summed E-state index contributed by atoms with van der Waals surface area (Å²) in [4.78, 5) is 23.6. The van der Waals surface area contributed by atoms with Crippen LogP contribution in [-0.4, -0.2) is 43.3 Å². The summed E-state index contributed by atoms with van der Waals surface area (Å²) in [5.74, 6) is -0.323. The van der Waals surface area contributed by atoms with Gasteiger partial charge in [-0.1, -0.05) is 12.1 Å². The number of carbonyl (C=O) groups excluding carboxylic acids is 1. The van der Waals surface area contributed by atoms with Gasteiger partial charge in [0.25, 0.3) is 0 Å². The van der Waals surface area contributed by atoms with Crippen molar-refractivity contribution in [3.8, 4) is 22.6 Å². The lowest BCUT2D eigenvalue weighted by Gasteiger charge is -2.18. The predicted molar refractivity (Wildman–Crippen MR) is 127 cm³/mol. The minimum absolute atomic E-state index is 0.337. The molecule has 0 bridgehead atoms. The number of carboxylic acid groups (broad SMARTS) is 1. The van der Waals surface area contributed by atoms with Crippen molar-refractivity contribution in [1.82, 2.24) is 5.32 Å². The van der Waals surface area contributed by atoms with E-state index in [1.54, 1.807) is 28.1 Å². The summed E-state index contributed by atoms with van der Waals surface area (Å²) in [6.07, 6.45) is 0. The molecule has 0 aromatic heterocycles. The SMILES string of the molecule is COc1cc(-c2ccc(NC(C)C)cc2)c(OC)cc1C(C)=C(C)C(=O)N[C@H](C)C(=O)O. The van der Waals surface area contributed by atoms with Crippen molar-refractivity contribution in [2.24, 2.45) is 0 Å². The highest BCUT2D eigenvalue weighted by Crippen LogP contribution is 2.39. The Morgan fingerprint density at radius 3 is 2.03 bits per heavy atom. The Morgan fingerprint density at radius 1 is 0.938 bits per heavy atom. The number of benzene rings is 2. The molecule has 0 heterocycles. The van der Waals surface area contributed by atoms with Gasteiger partial charge in [0.2, 0.25) is 5.91 Å². The van der Waals surface area contributed by atoms with Crippen molar-refractivity contribution in [1.29, 1.82) is 0 Å². The Morgan fingerprint density at radius 2 is 1.53 bits per heavy atom. The maximum Gasteiger partial charge on any atom is 0.325 e. The van der Waals surface area contributed by atoms with Gasteiger partial charge in [0.15, 0.2) is 0 Å². The fourth-order valence-electron chi connectivity index (χ4n) is 3.23. The van der Waals surface area contributed by atoms with Crippen LogP contribution in [0.4, 0.5) is 5.69 Å². The largest absolute Gasteiger partial charge is 0.496 e. The zero-order chi connectivity index (χ0) is 24.0. The van der Waals surface area contributed by atoms with Crippen molar-refractivity contribution in [3.63, 3.8) is 0 Å². The van der Waals surface area contributed by atoms with E-state index in [0.29, 0.717) is 34.3 Å². The molecule has 3 N–H and O–H groups in total. The Balaban J connectivity index is 2.48. The first-order valence-electron chi connectivity index (χ1n) is 10.4. The summed E-state index contributed by atoms with van der Waals surface area (Å²) >= 11 is 0. The monoisotopic (exact) mass is 440 g/mol. The number of methoxy groups -OCH3 is 2. The minimum Gasteiger partial charge on any atom is -0.496 e. The van der Waals surface area contributed by atoms with Crippen LogP contribution in [0.3, 0.4) is 0 Å². The average molecular weight is 441 g/mol. The number of ether oxygens (including phenoxy) is 2. The molecule has 2 aromatic carbocycles. The number of hydrogen-bond donors (Lipinski definition) is 3. The van der Waals surface area contributed by atoms with Gasteiger partial charge >= 0.3 is 5.97 Å². The van der Waals surface area contributed by atoms with Gasteiger partial charge in [-0.2, -0.15) is 0 Å². The molecule has 2 rings (SSSR count). The van der Waals surface area contributed by atoms with E-state index in [-0.39, 0.29) is 0 Å². The van der Waals surface area contributed by atoms with Crippen LogP contribution >= 0.6 is 0 Å². The van der Waals surface area contributed by atoms with E-state index >= 15 is 0 Å². The molecule has 0 saturated carbocycles. The number of carboxylic acids is 1. The van der Waals surface area contributed by atoms with Crippen molar-refractivity contribution < 1.29 is 24.2 Å². The van der Waals surface area contributed by atoms with E-state index in [2.05, 4.69) is 24.5 Å². The molecule has 7 nitrogen and oxygen atoms in total. The van der Waals surface area contributed by atoms with Crippen LogP contribution < -0.4 is 20.1 Å². The molecule has 1 amide bonds. The molecule has 1 atom stereocenters. The quantitative estimate of drug-likeness (QED) is 0.494. The smallest absolute Gasteiger partial charge is 0.325 e. The second kappa shape index (κ2) is 10.7. The Labute approximate surface area is 189 Å². The summed E-state index contributed by atoms with van der Waals surface area (Å²) in [5, 5.41) is 14.9. The maximum absolute atomic E-state index is 12.5. The van der Waals surface area contributed by atoms with Gasteiger partial charge in [0.05, 0.1) is 14.2 Å². The third kappa shape index (κ3) is 5.81. The second-order valence-electron chi connectivity index (χ2n) is 7.91. The number of hydrogen-bond acceptors (Lipinski definition) is 5. The van der Waals surface area contributed by atoms with Crippen LogP contribution in [0, 0.1) is 0 Å². The Hall–Kier alpha value is -3.48. The van der Waals surface area contributed by atoms with Gasteiger partial charge in [0.1, 0.15) is 17.5 Å². The van der Waals surface area contributed by atoms with Gasteiger partial charge in [-0.15, -0.1) is 0 Å². The lowest BCUT2D eigenvalue weighted by atomic mass is 9.95. The molecule has 0 aliphatic rings. The number of amides is 1. The van der Waals surface area contributed by atoms with Crippen LogP contribution in [0.2, 0.25) is 0 Å². The first-order valence-corrected chi connectivity index (χ1v) is 10.4. The molecule has 0 saturated heterocycles. The summed E-state index contributed by atoms with van der Waals surface area (Å²) in [5.41, 5.74) is 4.61. The molecule has 0 radical (unpaired) electrons. The lowest BCUT2D eigenvalue weighted by molar-refractivity contribution is -0.140. The predicted octanol–water partition coefficient (Wildman–Crippen LogP) is 4.57. The van der Waals surface area contributed by atoms with Gasteiger partial charge in [-0.05, 0) is 70.0 Å². The van der Waals surface area contributed by atoms with Crippen molar-refractivity contribution in [2.45, 2.75) is 46.7 Å². The van der Waals surface area contributed by atoms with Crippen LogP contribution in [0.25, 0.3) is 16.7 Å². The highest BCUT2D eigenvalue weighted by Gasteiger charge is 2.20. The van der Waals surface area contributed by atoms with Gasteiger partial charge in [0, 0.05) is 28.4 Å². The van der Waals surface area contributed by atoms with Gasteiger partial charge < -0.3 is 25.2 Å². The fraction of sp³-hybridized carbons (Fsp3) is 0.360. The first kappa shape index (κ1) is 24.8. The van der Waals surface area contributed by atoms with Gasteiger partial charge in [-0.25, -0.2) is 0 Å². The summed E-state index contributed by atoms with van der Waals surface area (Å²) in [6, 6.07) is 11.1. The zero-order valence-electron chi connectivity index (χ0n) is 19.7. The average Bonchev–Trinajstić information content (AvgIpc) is 2.77. The highest BCUT2D eigenvalue weighted by atomic mass is 16.5. The zero-order valence-corrected chi connectivity index (χ0v) is 19.7. The van der Waals surface area contributed by atoms with E-state index < -0.39 is 17.9 Å². The summed E-state index contributed by atoms with van der Waals surface area (Å²) in [7, 11) is 3.16. The fourth-order valence-corrected chi connectivity index (χ4v) is 3.23. The third-order valence-corrected chi connectivity index (χ3v) is 5.20. The number of nitrogens with one attached hydrogen (secondary N) is 2. The number of anilines is 1. The molecule has 0 fully saturated rings. The molecular formula is C25H32N2O5. The number of allylic oxidation sites excluding steroid dienone is 1. The molecular weight excluding hydrogens is 408 g/mol. The van der Waals surface area contributed by atoms with E-state index in [0.717, 1.165) is 16.8 Å². The van der Waals surface area contributed by atoms with Crippen LogP contribution in [-0.2, 0) is 9.59 Å². The first-order chi connectivity index (χ1) is 15.1. The number of carbonyl (C=O) groups is 2. The second-order valence-corrected chi connectivity index (χ2v) is 7.91. The maximum atomic E-state index is 12.5. The lowest BCUT2D eigenvalue weighted by Crippen LogP contribution is -2.38. The normalized spacial score (nSPS) is 12.6. The van der Waals surface area contributed by atoms with E-state index in [1.807, 2.05) is 36.4 Å². The van der Waals surface area contributed by atoms with E-state index in [9.17, 15) is 9.59 Å². The minimum atomic E-state index is -1.10. The number of rotatable bonds is 9. The van der Waals surface area contributed by atoms with Crippen molar-refractivity contribution >= 4 is 23.1 Å². The van der Waals surface area contributed by atoms with Crippen LogP contribution in [0.15, 0.2) is 42.0 Å². The topological polar surface area (TPSA) is 96.9 Å². The Bertz CT molecular complexity index is 1010. The Kier molecular flexibility index (Phi) is 8.29. The summed E-state index contributed by atoms with van der Waals surface area (Å²) in [6.45, 7) is 9.04. The molecule has 0 aliphatic heterocycles. The third-order valence-electron chi connectivity index (χ3n) is 5.20. The van der Waals surface area contributed by atoms with E-state index in [4.69, 9.17) is 14.6 Å². The highest BCUT2D eigenvalue weighted by molar-refractivity contribution is 6.02. The molecule has 7 heteroatoms. The van der Waals surface area contributed by atoms with Crippen LogP contribution in [0.5, 0.6) is 11.5 Å². The number of aliphatic carboxylic acids is 1. The molecule has 172 valence electrons. The van der Waals surface area contributed by atoms with Crippen LogP contribution in [0.1, 0.15) is 40.2 Å². The van der Waals surface area contributed by atoms with E-state index in [1.165, 1.54) is 6.92 Å².